The number of benzene rings is 1. The van der Waals surface area contributed by atoms with Crippen LogP contribution in [-0.4, -0.2) is 42.2 Å². The normalized spacial score (nSPS) is 17.4. The van der Waals surface area contributed by atoms with Crippen molar-refractivity contribution < 1.29 is 14.6 Å². The average molecular weight is 305 g/mol. The minimum absolute atomic E-state index is 0.00514. The molecular weight excluding hydrogens is 278 g/mol. The van der Waals surface area contributed by atoms with E-state index in [1.165, 1.54) is 5.56 Å². The Bertz CT molecular complexity index is 513. The molecule has 0 unspecified atom stereocenters. The third kappa shape index (κ3) is 3.80. The number of hydrogen-bond donors (Lipinski definition) is 1. The van der Waals surface area contributed by atoms with E-state index in [9.17, 15) is 9.90 Å². The molecule has 1 heterocycles. The van der Waals surface area contributed by atoms with Crippen LogP contribution in [-0.2, 0) is 4.79 Å². The van der Waals surface area contributed by atoms with Gasteiger partial charge in [-0.3, -0.25) is 4.79 Å². The largest absolute Gasteiger partial charge is 0.484 e. The number of piperidine rings is 1. The number of ether oxygens (including phenoxy) is 1. The van der Waals surface area contributed by atoms with Gasteiger partial charge in [0.25, 0.3) is 5.91 Å². The predicted octanol–water partition coefficient (Wildman–Crippen LogP) is 2.69. The molecule has 0 aromatic heterocycles. The lowest BCUT2D eigenvalue weighted by atomic mass is 9.77. The van der Waals surface area contributed by atoms with E-state index in [1.807, 2.05) is 30.9 Å². The van der Waals surface area contributed by atoms with Gasteiger partial charge in [0.15, 0.2) is 6.61 Å². The molecule has 2 rings (SSSR count). The van der Waals surface area contributed by atoms with Crippen LogP contribution in [0.4, 0.5) is 0 Å². The summed E-state index contributed by atoms with van der Waals surface area (Å²) < 4.78 is 5.67. The van der Waals surface area contributed by atoms with Crippen LogP contribution >= 0.6 is 0 Å². The highest BCUT2D eigenvalue weighted by Crippen LogP contribution is 2.34. The second-order valence-corrected chi connectivity index (χ2v) is 6.45. The third-order valence-corrected chi connectivity index (χ3v) is 4.94. The quantitative estimate of drug-likeness (QED) is 0.910. The van der Waals surface area contributed by atoms with E-state index in [2.05, 4.69) is 13.0 Å². The first-order valence-corrected chi connectivity index (χ1v) is 8.08. The van der Waals surface area contributed by atoms with Crippen molar-refractivity contribution in [1.29, 1.82) is 0 Å². The highest BCUT2D eigenvalue weighted by atomic mass is 16.5. The molecule has 1 aromatic rings. The Morgan fingerprint density at radius 1 is 1.32 bits per heavy atom. The van der Waals surface area contributed by atoms with Gasteiger partial charge in [0.1, 0.15) is 5.75 Å². The van der Waals surface area contributed by atoms with E-state index in [1.54, 1.807) is 0 Å². The van der Waals surface area contributed by atoms with Crippen LogP contribution in [0.1, 0.15) is 37.3 Å². The molecule has 1 fully saturated rings. The average Bonchev–Trinajstić information content (AvgIpc) is 2.54. The zero-order chi connectivity index (χ0) is 16.2. The third-order valence-electron chi connectivity index (χ3n) is 4.94. The second kappa shape index (κ2) is 7.14. The molecule has 0 spiro atoms. The molecule has 0 atom stereocenters. The van der Waals surface area contributed by atoms with Crippen molar-refractivity contribution in [3.8, 4) is 5.75 Å². The number of amides is 1. The highest BCUT2D eigenvalue weighted by Gasteiger charge is 2.33. The summed E-state index contributed by atoms with van der Waals surface area (Å²) in [6, 6.07) is 5.96. The second-order valence-electron chi connectivity index (χ2n) is 6.45. The predicted molar refractivity (Wildman–Crippen MR) is 87.0 cm³/mol. The van der Waals surface area contributed by atoms with E-state index in [0.717, 1.165) is 30.6 Å². The minimum atomic E-state index is 0.00514. The fourth-order valence-corrected chi connectivity index (χ4v) is 3.05. The molecule has 0 saturated carbocycles. The Balaban J connectivity index is 1.86. The summed E-state index contributed by atoms with van der Waals surface area (Å²) in [5, 5.41) is 9.54. The Morgan fingerprint density at radius 2 is 2.00 bits per heavy atom. The SMILES string of the molecule is CCC1(CO)CCN(C(=O)COc2ccc(C)cc2C)CC1. The van der Waals surface area contributed by atoms with Crippen LogP contribution in [0.25, 0.3) is 0 Å². The van der Waals surface area contributed by atoms with Crippen LogP contribution < -0.4 is 4.74 Å². The molecular formula is C18H27NO3. The summed E-state index contributed by atoms with van der Waals surface area (Å²) in [6.07, 6.45) is 2.70. The number of carbonyl (C=O) groups excluding carboxylic acids is 1. The van der Waals surface area contributed by atoms with Crippen molar-refractivity contribution in [2.24, 2.45) is 5.41 Å². The van der Waals surface area contributed by atoms with Crippen LogP contribution in [0.15, 0.2) is 18.2 Å². The fourth-order valence-electron chi connectivity index (χ4n) is 3.05. The summed E-state index contributed by atoms with van der Waals surface area (Å²) in [6.45, 7) is 7.86. The summed E-state index contributed by atoms with van der Waals surface area (Å²) >= 11 is 0. The minimum Gasteiger partial charge on any atom is -0.484 e. The van der Waals surface area contributed by atoms with Crippen LogP contribution in [0.5, 0.6) is 5.75 Å². The van der Waals surface area contributed by atoms with Gasteiger partial charge >= 0.3 is 0 Å². The number of aliphatic hydroxyl groups excluding tert-OH is 1. The van der Waals surface area contributed by atoms with Gasteiger partial charge in [-0.2, -0.15) is 0 Å². The van der Waals surface area contributed by atoms with E-state index < -0.39 is 0 Å². The Labute approximate surface area is 133 Å². The number of aryl methyl sites for hydroxylation is 2. The molecule has 4 heteroatoms. The summed E-state index contributed by atoms with van der Waals surface area (Å²) in [5.41, 5.74) is 2.24. The molecule has 0 radical (unpaired) electrons. The first-order valence-electron chi connectivity index (χ1n) is 8.08. The lowest BCUT2D eigenvalue weighted by Crippen LogP contribution is -2.46. The number of rotatable bonds is 5. The Kier molecular flexibility index (Phi) is 5.46. The molecule has 1 aromatic carbocycles. The van der Waals surface area contributed by atoms with Crippen molar-refractivity contribution in [2.45, 2.75) is 40.0 Å². The van der Waals surface area contributed by atoms with Crippen LogP contribution in [0.3, 0.4) is 0 Å². The number of likely N-dealkylation sites (tertiary alicyclic amines) is 1. The van der Waals surface area contributed by atoms with Crippen molar-refractivity contribution in [3.05, 3.63) is 29.3 Å². The maximum absolute atomic E-state index is 12.3. The molecule has 22 heavy (non-hydrogen) atoms. The molecule has 4 nitrogen and oxygen atoms in total. The number of nitrogens with zero attached hydrogens (tertiary/aromatic N) is 1. The first kappa shape index (κ1) is 16.8. The number of hydrogen-bond acceptors (Lipinski definition) is 3. The van der Waals surface area contributed by atoms with Gasteiger partial charge in [-0.1, -0.05) is 24.6 Å². The van der Waals surface area contributed by atoms with Crippen molar-refractivity contribution in [1.82, 2.24) is 4.90 Å². The van der Waals surface area contributed by atoms with E-state index in [0.29, 0.717) is 13.1 Å². The van der Waals surface area contributed by atoms with Gasteiger partial charge < -0.3 is 14.7 Å². The Morgan fingerprint density at radius 3 is 2.55 bits per heavy atom. The van der Waals surface area contributed by atoms with Crippen molar-refractivity contribution in [2.75, 3.05) is 26.3 Å². The molecule has 1 aliphatic rings. The number of aliphatic hydroxyl groups is 1. The van der Waals surface area contributed by atoms with Crippen molar-refractivity contribution >= 4 is 5.91 Å². The zero-order valence-corrected chi connectivity index (χ0v) is 13.9. The van der Waals surface area contributed by atoms with Gasteiger partial charge in [-0.05, 0) is 50.2 Å². The van der Waals surface area contributed by atoms with Crippen molar-refractivity contribution in [3.63, 3.8) is 0 Å². The van der Waals surface area contributed by atoms with Gasteiger partial charge in [0.2, 0.25) is 0 Å². The van der Waals surface area contributed by atoms with Crippen LogP contribution in [0, 0.1) is 19.3 Å². The zero-order valence-electron chi connectivity index (χ0n) is 13.9. The van der Waals surface area contributed by atoms with E-state index in [4.69, 9.17) is 4.74 Å². The molecule has 1 N–H and O–H groups in total. The molecule has 0 bridgehead atoms. The summed E-state index contributed by atoms with van der Waals surface area (Å²) in [5.74, 6) is 0.803. The standard InChI is InChI=1S/C18H27NO3/c1-4-18(13-20)7-9-19(10-8-18)17(21)12-22-16-6-5-14(2)11-15(16)3/h5-6,11,20H,4,7-10,12-13H2,1-3H3. The van der Waals surface area contributed by atoms with Gasteiger partial charge in [0, 0.05) is 19.7 Å². The van der Waals surface area contributed by atoms with Gasteiger partial charge in [0.05, 0.1) is 0 Å². The smallest absolute Gasteiger partial charge is 0.260 e. The summed E-state index contributed by atoms with van der Waals surface area (Å²) in [4.78, 5) is 14.1. The molecule has 1 saturated heterocycles. The summed E-state index contributed by atoms with van der Waals surface area (Å²) in [7, 11) is 0. The molecule has 1 aliphatic heterocycles. The van der Waals surface area contributed by atoms with E-state index in [-0.39, 0.29) is 24.5 Å². The Hall–Kier alpha value is -1.55. The number of carbonyl (C=O) groups is 1. The lowest BCUT2D eigenvalue weighted by molar-refractivity contribution is -0.136. The first-order chi connectivity index (χ1) is 10.5. The van der Waals surface area contributed by atoms with E-state index >= 15 is 0 Å². The fraction of sp³-hybridized carbons (Fsp3) is 0.611. The molecule has 122 valence electrons. The molecule has 1 amide bonds. The highest BCUT2D eigenvalue weighted by molar-refractivity contribution is 5.77. The monoisotopic (exact) mass is 305 g/mol. The van der Waals surface area contributed by atoms with Gasteiger partial charge in [-0.15, -0.1) is 0 Å². The lowest BCUT2D eigenvalue weighted by Gasteiger charge is -2.40. The van der Waals surface area contributed by atoms with Crippen LogP contribution in [0.2, 0.25) is 0 Å². The topological polar surface area (TPSA) is 49.8 Å². The maximum Gasteiger partial charge on any atom is 0.260 e. The van der Waals surface area contributed by atoms with Gasteiger partial charge in [-0.25, -0.2) is 0 Å². The maximum atomic E-state index is 12.3. The molecule has 0 aliphatic carbocycles.